The number of aldehydes is 1. The second-order valence-electron chi connectivity index (χ2n) is 6.20. The van der Waals surface area contributed by atoms with Crippen LogP contribution in [0.3, 0.4) is 0 Å². The van der Waals surface area contributed by atoms with Crippen LogP contribution in [0.1, 0.15) is 20.8 Å². The van der Waals surface area contributed by atoms with Crippen molar-refractivity contribution in [1.82, 2.24) is 10.2 Å². The van der Waals surface area contributed by atoms with Gasteiger partial charge in [-0.05, 0) is 27.8 Å². The molecule has 24 heavy (non-hydrogen) atoms. The molecule has 0 radical (unpaired) electrons. The quantitative estimate of drug-likeness (QED) is 0.365. The Kier molecular flexibility index (Phi) is 13.4. The van der Waals surface area contributed by atoms with Crippen molar-refractivity contribution >= 4 is 12.4 Å². The minimum atomic E-state index is -0.494. The van der Waals surface area contributed by atoms with Crippen molar-refractivity contribution in [1.29, 1.82) is 0 Å². The molecule has 1 N–H and O–H groups in total. The summed E-state index contributed by atoms with van der Waals surface area (Å²) in [4.78, 5) is 23.5. The van der Waals surface area contributed by atoms with E-state index < -0.39 is 11.7 Å². The molecule has 1 amide bonds. The van der Waals surface area contributed by atoms with Crippen molar-refractivity contribution in [3.8, 4) is 0 Å². The number of ether oxygens (including phenoxy) is 4. The van der Waals surface area contributed by atoms with Gasteiger partial charge in [0.25, 0.3) is 0 Å². The number of hydrogen-bond donors (Lipinski definition) is 1. The highest BCUT2D eigenvalue weighted by Gasteiger charge is 2.15. The summed E-state index contributed by atoms with van der Waals surface area (Å²) in [5.74, 6) is 0. The van der Waals surface area contributed by atoms with E-state index in [1.54, 1.807) is 0 Å². The number of likely N-dealkylation sites (N-methyl/N-ethyl adjacent to an activating group) is 1. The molecule has 0 aromatic rings. The third-order valence-electron chi connectivity index (χ3n) is 2.71. The molecule has 0 aromatic carbocycles. The molecular weight excluding hydrogens is 316 g/mol. The summed E-state index contributed by atoms with van der Waals surface area (Å²) in [6.45, 7) is 10.0. The molecule has 0 unspecified atom stereocenters. The molecule has 142 valence electrons. The second-order valence-corrected chi connectivity index (χ2v) is 6.20. The summed E-state index contributed by atoms with van der Waals surface area (Å²) >= 11 is 0. The Hall–Kier alpha value is -1.22. The van der Waals surface area contributed by atoms with Gasteiger partial charge in [-0.3, -0.25) is 0 Å². The summed E-state index contributed by atoms with van der Waals surface area (Å²) < 4.78 is 21.0. The first-order valence-corrected chi connectivity index (χ1v) is 8.17. The lowest BCUT2D eigenvalue weighted by Crippen LogP contribution is -2.34. The van der Waals surface area contributed by atoms with E-state index in [0.717, 1.165) is 19.4 Å². The van der Waals surface area contributed by atoms with Gasteiger partial charge in [0, 0.05) is 19.6 Å². The Labute approximate surface area is 144 Å². The third-order valence-corrected chi connectivity index (χ3v) is 2.71. The normalized spacial score (nSPS) is 11.5. The molecule has 0 saturated heterocycles. The number of hydrogen-bond acceptors (Lipinski definition) is 7. The van der Waals surface area contributed by atoms with Crippen LogP contribution in [0.25, 0.3) is 0 Å². The van der Waals surface area contributed by atoms with Gasteiger partial charge in [0.05, 0.1) is 33.0 Å². The average Bonchev–Trinajstić information content (AvgIpc) is 2.48. The Bertz CT molecular complexity index is 333. The molecule has 0 fully saturated rings. The van der Waals surface area contributed by atoms with Gasteiger partial charge in [-0.2, -0.15) is 0 Å². The van der Waals surface area contributed by atoms with E-state index in [1.165, 1.54) is 0 Å². The summed E-state index contributed by atoms with van der Waals surface area (Å²) in [6, 6.07) is 0. The molecule has 0 atom stereocenters. The van der Waals surface area contributed by atoms with Gasteiger partial charge < -0.3 is 34.0 Å². The highest BCUT2D eigenvalue weighted by molar-refractivity contribution is 5.67. The number of carbonyl (C=O) groups is 2. The predicted molar refractivity (Wildman–Crippen MR) is 90.3 cm³/mol. The predicted octanol–water partition coefficient (Wildman–Crippen LogP) is 0.692. The van der Waals surface area contributed by atoms with Crippen molar-refractivity contribution in [2.45, 2.75) is 26.4 Å². The summed E-state index contributed by atoms with van der Waals surface area (Å²) in [7, 11) is 1.96. The Balaban J connectivity index is 3.30. The molecule has 0 aliphatic rings. The molecule has 0 bridgehead atoms. The first kappa shape index (κ1) is 22.8. The Morgan fingerprint density at radius 3 is 2.17 bits per heavy atom. The van der Waals surface area contributed by atoms with E-state index in [-0.39, 0.29) is 6.61 Å². The van der Waals surface area contributed by atoms with Gasteiger partial charge in [0.2, 0.25) is 0 Å². The zero-order valence-corrected chi connectivity index (χ0v) is 15.3. The van der Waals surface area contributed by atoms with E-state index in [2.05, 4.69) is 10.2 Å². The minimum absolute atomic E-state index is 0.143. The van der Waals surface area contributed by atoms with Crippen LogP contribution in [0.15, 0.2) is 0 Å². The lowest BCUT2D eigenvalue weighted by Gasteiger charge is -2.19. The van der Waals surface area contributed by atoms with Gasteiger partial charge >= 0.3 is 6.09 Å². The maximum Gasteiger partial charge on any atom is 0.407 e. The summed E-state index contributed by atoms with van der Waals surface area (Å²) in [5.41, 5.74) is -0.494. The summed E-state index contributed by atoms with van der Waals surface area (Å²) in [6.07, 6.45) is 0.300. The first-order chi connectivity index (χ1) is 11.3. The molecule has 0 aromatic heterocycles. The molecule has 0 heterocycles. The molecule has 8 nitrogen and oxygen atoms in total. The maximum absolute atomic E-state index is 11.4. The molecule has 0 rings (SSSR count). The lowest BCUT2D eigenvalue weighted by molar-refractivity contribution is -0.112. The second kappa shape index (κ2) is 14.2. The number of nitrogens with one attached hydrogen (secondary N) is 1. The van der Waals surface area contributed by atoms with Gasteiger partial charge in [-0.25, -0.2) is 4.79 Å². The highest BCUT2D eigenvalue weighted by atomic mass is 16.6. The van der Waals surface area contributed by atoms with Crippen molar-refractivity contribution < 1.29 is 28.5 Å². The van der Waals surface area contributed by atoms with E-state index in [1.807, 2.05) is 27.8 Å². The van der Waals surface area contributed by atoms with Gasteiger partial charge in [0.15, 0.2) is 0 Å². The molecule has 0 spiro atoms. The van der Waals surface area contributed by atoms with Crippen LogP contribution in [0.2, 0.25) is 0 Å². The SMILES string of the molecule is CN(CCOCC=O)CCOCCOCCNC(=O)OC(C)(C)C. The number of alkyl carbamates (subject to hydrolysis) is 1. The molecule has 0 aliphatic carbocycles. The first-order valence-electron chi connectivity index (χ1n) is 8.17. The zero-order chi connectivity index (χ0) is 18.3. The monoisotopic (exact) mass is 348 g/mol. The Morgan fingerprint density at radius 1 is 1.00 bits per heavy atom. The number of nitrogens with zero attached hydrogens (tertiary/aromatic N) is 1. The minimum Gasteiger partial charge on any atom is -0.444 e. The van der Waals surface area contributed by atoms with Gasteiger partial charge in [0.1, 0.15) is 18.5 Å². The van der Waals surface area contributed by atoms with Gasteiger partial charge in [-0.1, -0.05) is 0 Å². The standard InChI is InChI=1S/C16H32N2O6/c1-16(2,3)24-15(20)17-5-9-21-13-14-23-11-7-18(4)6-10-22-12-8-19/h8H,5-7,9-14H2,1-4H3,(H,17,20). The third kappa shape index (κ3) is 17.1. The van der Waals surface area contributed by atoms with Crippen molar-refractivity contribution in [2.75, 3.05) is 66.3 Å². The molecular formula is C16H32N2O6. The largest absolute Gasteiger partial charge is 0.444 e. The van der Waals surface area contributed by atoms with Crippen LogP contribution in [0, 0.1) is 0 Å². The average molecular weight is 348 g/mol. The Morgan fingerprint density at radius 2 is 1.58 bits per heavy atom. The maximum atomic E-state index is 11.4. The molecule has 0 saturated carbocycles. The van der Waals surface area contributed by atoms with Crippen LogP contribution < -0.4 is 5.32 Å². The topological polar surface area (TPSA) is 86.3 Å². The van der Waals surface area contributed by atoms with Crippen LogP contribution in [0.4, 0.5) is 4.79 Å². The van der Waals surface area contributed by atoms with Crippen LogP contribution >= 0.6 is 0 Å². The fraction of sp³-hybridized carbons (Fsp3) is 0.875. The van der Waals surface area contributed by atoms with Crippen LogP contribution in [-0.2, 0) is 23.7 Å². The van der Waals surface area contributed by atoms with E-state index >= 15 is 0 Å². The number of rotatable bonds is 14. The molecule has 8 heteroatoms. The number of carbonyl (C=O) groups excluding carboxylic acids is 2. The lowest BCUT2D eigenvalue weighted by atomic mass is 10.2. The van der Waals surface area contributed by atoms with Crippen molar-refractivity contribution in [3.63, 3.8) is 0 Å². The fourth-order valence-corrected chi connectivity index (χ4v) is 1.55. The fourth-order valence-electron chi connectivity index (χ4n) is 1.55. The number of amides is 1. The summed E-state index contributed by atoms with van der Waals surface area (Å²) in [5, 5.41) is 2.62. The smallest absolute Gasteiger partial charge is 0.407 e. The highest BCUT2D eigenvalue weighted by Crippen LogP contribution is 2.05. The van der Waals surface area contributed by atoms with Crippen molar-refractivity contribution in [3.05, 3.63) is 0 Å². The van der Waals surface area contributed by atoms with Crippen molar-refractivity contribution in [2.24, 2.45) is 0 Å². The van der Waals surface area contributed by atoms with Gasteiger partial charge in [-0.15, -0.1) is 0 Å². The van der Waals surface area contributed by atoms with Crippen LogP contribution in [0.5, 0.6) is 0 Å². The zero-order valence-electron chi connectivity index (χ0n) is 15.3. The van der Waals surface area contributed by atoms with E-state index in [9.17, 15) is 9.59 Å². The van der Waals surface area contributed by atoms with E-state index in [0.29, 0.717) is 39.6 Å². The molecule has 0 aliphatic heterocycles. The van der Waals surface area contributed by atoms with E-state index in [4.69, 9.17) is 18.9 Å². The van der Waals surface area contributed by atoms with Crippen LogP contribution in [-0.4, -0.2) is 89.2 Å².